The van der Waals surface area contributed by atoms with Crippen molar-refractivity contribution in [1.82, 2.24) is 10.7 Å². The molecule has 1 unspecified atom stereocenters. The predicted molar refractivity (Wildman–Crippen MR) is 105 cm³/mol. The van der Waals surface area contributed by atoms with Crippen LogP contribution in [0.5, 0.6) is 5.75 Å². The van der Waals surface area contributed by atoms with Gasteiger partial charge in [0.1, 0.15) is 30.0 Å². The van der Waals surface area contributed by atoms with E-state index in [9.17, 15) is 13.6 Å². The minimum Gasteiger partial charge on any atom is -0.483 e. The van der Waals surface area contributed by atoms with E-state index in [4.69, 9.17) is 4.74 Å². The number of hydrazone groups is 1. The van der Waals surface area contributed by atoms with E-state index in [1.807, 2.05) is 11.0 Å². The van der Waals surface area contributed by atoms with Gasteiger partial charge in [0, 0.05) is 36.0 Å². The molecule has 29 heavy (non-hydrogen) atoms. The summed E-state index contributed by atoms with van der Waals surface area (Å²) in [5.74, 6) is -0.383. The van der Waals surface area contributed by atoms with Crippen LogP contribution in [-0.2, 0) is 4.79 Å². The highest BCUT2D eigenvalue weighted by Gasteiger charge is 2.36. The zero-order valence-corrected chi connectivity index (χ0v) is 15.6. The molecule has 1 amide bonds. The fourth-order valence-electron chi connectivity index (χ4n) is 3.73. The van der Waals surface area contributed by atoms with Gasteiger partial charge in [-0.3, -0.25) is 4.79 Å². The van der Waals surface area contributed by atoms with Crippen molar-refractivity contribution in [2.45, 2.75) is 19.0 Å². The molecule has 0 bridgehead atoms. The molecule has 2 aromatic carbocycles. The quantitative estimate of drug-likeness (QED) is 0.737. The van der Waals surface area contributed by atoms with Crippen LogP contribution in [0.2, 0.25) is 0 Å². The molecule has 0 spiro atoms. The summed E-state index contributed by atoms with van der Waals surface area (Å²) in [6.07, 6.45) is 0. The van der Waals surface area contributed by atoms with Crippen LogP contribution in [-0.4, -0.2) is 43.5 Å². The smallest absolute Gasteiger partial charge is 0.262 e. The summed E-state index contributed by atoms with van der Waals surface area (Å²) in [5.41, 5.74) is 4.70. The number of carbonyl (C=O) groups excluding carboxylic acids is 1. The largest absolute Gasteiger partial charge is 0.483 e. The number of halogens is 2. The molecule has 1 atom stereocenters. The summed E-state index contributed by atoms with van der Waals surface area (Å²) < 4.78 is 33.8. The Bertz CT molecular complexity index is 1040. The van der Waals surface area contributed by atoms with Gasteiger partial charge in [0.05, 0.1) is 11.7 Å². The van der Waals surface area contributed by atoms with Gasteiger partial charge in [0.15, 0.2) is 5.84 Å². The third kappa shape index (κ3) is 2.98. The number of ether oxygens (including phenoxy) is 1. The van der Waals surface area contributed by atoms with Crippen LogP contribution in [0, 0.1) is 11.6 Å². The number of hydrogen-bond donors (Lipinski definition) is 3. The van der Waals surface area contributed by atoms with E-state index < -0.39 is 17.7 Å². The Labute approximate surface area is 165 Å². The van der Waals surface area contributed by atoms with Gasteiger partial charge < -0.3 is 20.3 Å². The molecule has 1 fully saturated rings. The molecule has 1 saturated heterocycles. The van der Waals surface area contributed by atoms with Gasteiger partial charge in [0.2, 0.25) is 0 Å². The molecule has 9 heteroatoms. The lowest BCUT2D eigenvalue weighted by Crippen LogP contribution is -2.55. The molecule has 7 nitrogen and oxygen atoms in total. The van der Waals surface area contributed by atoms with Crippen molar-refractivity contribution in [3.05, 3.63) is 42.0 Å². The molecular formula is C20H19F2N5O2. The maximum absolute atomic E-state index is 14.6. The molecule has 3 aliphatic heterocycles. The second kappa shape index (κ2) is 6.70. The van der Waals surface area contributed by atoms with Crippen LogP contribution in [0.25, 0.3) is 11.1 Å². The highest BCUT2D eigenvalue weighted by molar-refractivity contribution is 6.10. The second-order valence-corrected chi connectivity index (χ2v) is 7.33. The van der Waals surface area contributed by atoms with E-state index in [1.54, 1.807) is 13.0 Å². The first-order valence-electron chi connectivity index (χ1n) is 9.40. The maximum Gasteiger partial charge on any atom is 0.262 e. The molecule has 150 valence electrons. The van der Waals surface area contributed by atoms with Crippen LogP contribution in [0.3, 0.4) is 0 Å². The summed E-state index contributed by atoms with van der Waals surface area (Å²) in [4.78, 5) is 14.0. The molecule has 2 aromatic rings. The number of fused-ring (bicyclic) bond motifs is 3. The van der Waals surface area contributed by atoms with E-state index in [0.717, 1.165) is 19.2 Å². The average Bonchev–Trinajstić information content (AvgIpc) is 2.67. The van der Waals surface area contributed by atoms with Crippen molar-refractivity contribution in [1.29, 1.82) is 0 Å². The number of amidine groups is 1. The van der Waals surface area contributed by atoms with Gasteiger partial charge in [-0.1, -0.05) is 0 Å². The van der Waals surface area contributed by atoms with Gasteiger partial charge in [0.25, 0.3) is 5.91 Å². The monoisotopic (exact) mass is 399 g/mol. The first-order chi connectivity index (χ1) is 14.0. The van der Waals surface area contributed by atoms with Crippen LogP contribution >= 0.6 is 0 Å². The minimum atomic E-state index is -0.650. The van der Waals surface area contributed by atoms with Crippen molar-refractivity contribution < 1.29 is 18.3 Å². The normalized spacial score (nSPS) is 20.7. The van der Waals surface area contributed by atoms with Gasteiger partial charge in [-0.2, -0.15) is 5.10 Å². The van der Waals surface area contributed by atoms with Gasteiger partial charge >= 0.3 is 0 Å². The Balaban J connectivity index is 1.65. The first-order valence-corrected chi connectivity index (χ1v) is 9.40. The summed E-state index contributed by atoms with van der Waals surface area (Å²) >= 11 is 0. The highest BCUT2D eigenvalue weighted by atomic mass is 19.1. The molecule has 3 N–H and O–H groups in total. The van der Waals surface area contributed by atoms with Gasteiger partial charge in [-0.05, 0) is 31.2 Å². The molecule has 0 saturated carbocycles. The van der Waals surface area contributed by atoms with Gasteiger partial charge in [-0.25, -0.2) is 14.2 Å². The van der Waals surface area contributed by atoms with Crippen LogP contribution in [0.15, 0.2) is 35.4 Å². The molecule has 0 aromatic heterocycles. The zero-order chi connectivity index (χ0) is 20.1. The van der Waals surface area contributed by atoms with E-state index in [-0.39, 0.29) is 24.1 Å². The Hall–Kier alpha value is -3.20. The third-order valence-corrected chi connectivity index (χ3v) is 5.42. The number of nitrogens with one attached hydrogen (secondary N) is 3. The lowest BCUT2D eigenvalue weighted by Gasteiger charge is -2.39. The number of carbonyl (C=O) groups is 1. The SMILES string of the molecule is CC1C(=O)NN=C2COc3cc(-c4ccc(F)cc4F)c(NC4CNC4)cc3N21. The average molecular weight is 399 g/mol. The lowest BCUT2D eigenvalue weighted by atomic mass is 9.99. The van der Waals surface area contributed by atoms with Crippen molar-refractivity contribution in [3.63, 3.8) is 0 Å². The van der Waals surface area contributed by atoms with E-state index in [0.29, 0.717) is 28.5 Å². The fraction of sp³-hybridized carbons (Fsp3) is 0.300. The molecular weight excluding hydrogens is 380 g/mol. The van der Waals surface area contributed by atoms with Crippen molar-refractivity contribution in [3.8, 4) is 16.9 Å². The van der Waals surface area contributed by atoms with Crippen molar-refractivity contribution in [2.24, 2.45) is 5.10 Å². The lowest BCUT2D eigenvalue weighted by molar-refractivity contribution is -0.122. The Morgan fingerprint density at radius 1 is 1.21 bits per heavy atom. The third-order valence-electron chi connectivity index (χ3n) is 5.42. The number of amides is 1. The number of hydrogen-bond acceptors (Lipinski definition) is 6. The molecule has 0 radical (unpaired) electrons. The molecule has 0 aliphatic carbocycles. The summed E-state index contributed by atoms with van der Waals surface area (Å²) in [6.45, 7) is 3.54. The fourth-order valence-corrected chi connectivity index (χ4v) is 3.73. The standard InChI is InChI=1S/C20H19F2N5O2/c1-10-20(28)26-25-19-9-29-18-5-14(13-3-2-11(21)4-15(13)22)16(6-17(18)27(10)19)24-12-7-23-8-12/h2-6,10,12,23-24H,7-9H2,1H3,(H,26,28). The van der Waals surface area contributed by atoms with Crippen molar-refractivity contribution >= 4 is 23.1 Å². The second-order valence-electron chi connectivity index (χ2n) is 7.33. The molecule has 3 aliphatic rings. The Kier molecular flexibility index (Phi) is 4.13. The summed E-state index contributed by atoms with van der Waals surface area (Å²) in [5, 5.41) is 10.7. The number of nitrogens with zero attached hydrogens (tertiary/aromatic N) is 2. The minimum absolute atomic E-state index is 0.183. The zero-order valence-electron chi connectivity index (χ0n) is 15.6. The number of rotatable bonds is 3. The first kappa shape index (κ1) is 17.9. The number of anilines is 2. The highest BCUT2D eigenvalue weighted by Crippen LogP contribution is 2.43. The van der Waals surface area contributed by atoms with E-state index in [2.05, 4.69) is 21.2 Å². The van der Waals surface area contributed by atoms with E-state index in [1.165, 1.54) is 12.1 Å². The summed E-state index contributed by atoms with van der Waals surface area (Å²) in [6, 6.07) is 6.82. The van der Waals surface area contributed by atoms with Crippen LogP contribution < -0.4 is 25.7 Å². The van der Waals surface area contributed by atoms with E-state index >= 15 is 0 Å². The molecule has 3 heterocycles. The Morgan fingerprint density at radius 3 is 2.76 bits per heavy atom. The topological polar surface area (TPSA) is 78.0 Å². The van der Waals surface area contributed by atoms with Crippen LogP contribution in [0.1, 0.15) is 6.92 Å². The Morgan fingerprint density at radius 2 is 2.03 bits per heavy atom. The predicted octanol–water partition coefficient (Wildman–Crippen LogP) is 2.05. The van der Waals surface area contributed by atoms with Gasteiger partial charge in [-0.15, -0.1) is 0 Å². The van der Waals surface area contributed by atoms with Crippen LogP contribution in [0.4, 0.5) is 20.2 Å². The van der Waals surface area contributed by atoms with Crippen molar-refractivity contribution in [2.75, 3.05) is 29.9 Å². The summed E-state index contributed by atoms with van der Waals surface area (Å²) in [7, 11) is 0. The molecule has 5 rings (SSSR count). The number of benzene rings is 2. The maximum atomic E-state index is 14.6.